The van der Waals surface area contributed by atoms with E-state index in [1.807, 2.05) is 6.07 Å². The summed E-state index contributed by atoms with van der Waals surface area (Å²) in [6.45, 7) is 1.99. The van der Waals surface area contributed by atoms with Crippen LogP contribution < -0.4 is 4.74 Å². The minimum atomic E-state index is -0.540. The van der Waals surface area contributed by atoms with Crippen molar-refractivity contribution in [3.05, 3.63) is 64.2 Å². The predicted molar refractivity (Wildman–Crippen MR) is 106 cm³/mol. The first kappa shape index (κ1) is 20.3. The molecule has 5 heteroatoms. The molecule has 0 radical (unpaired) electrons. The van der Waals surface area contributed by atoms with Gasteiger partial charge in [0.1, 0.15) is 5.75 Å². The molecular weight excluding hydrogens is 354 g/mol. The average molecular weight is 381 g/mol. The summed E-state index contributed by atoms with van der Waals surface area (Å²) < 4.78 is 11.5. The SMILES string of the molecule is CCc1ccc(Cc2cc(C3CC(O)CC(CO)O3)c(OC)cc2C#N)cc1. The van der Waals surface area contributed by atoms with E-state index < -0.39 is 12.2 Å². The van der Waals surface area contributed by atoms with Gasteiger partial charge in [0, 0.05) is 18.4 Å². The summed E-state index contributed by atoms with van der Waals surface area (Å²) in [5.41, 5.74) is 4.67. The van der Waals surface area contributed by atoms with E-state index in [4.69, 9.17) is 9.47 Å². The third kappa shape index (κ3) is 4.53. The van der Waals surface area contributed by atoms with Crippen LogP contribution in [0, 0.1) is 11.3 Å². The van der Waals surface area contributed by atoms with Crippen LogP contribution in [0.5, 0.6) is 5.75 Å². The Kier molecular flexibility index (Phi) is 6.69. The van der Waals surface area contributed by atoms with Crippen molar-refractivity contribution in [2.75, 3.05) is 13.7 Å². The number of aliphatic hydroxyl groups excluding tert-OH is 2. The number of nitrogens with zero attached hydrogens (tertiary/aromatic N) is 1. The summed E-state index contributed by atoms with van der Waals surface area (Å²) >= 11 is 0. The molecule has 148 valence electrons. The molecule has 1 fully saturated rings. The second kappa shape index (κ2) is 9.20. The van der Waals surface area contributed by atoms with Gasteiger partial charge < -0.3 is 19.7 Å². The molecule has 1 aliphatic heterocycles. The highest BCUT2D eigenvalue weighted by molar-refractivity contribution is 5.50. The number of ether oxygens (including phenoxy) is 2. The maximum absolute atomic E-state index is 10.2. The molecule has 28 heavy (non-hydrogen) atoms. The Morgan fingerprint density at radius 2 is 1.89 bits per heavy atom. The lowest BCUT2D eigenvalue weighted by atomic mass is 9.91. The van der Waals surface area contributed by atoms with E-state index in [9.17, 15) is 15.5 Å². The Morgan fingerprint density at radius 3 is 2.50 bits per heavy atom. The van der Waals surface area contributed by atoms with Gasteiger partial charge in [-0.05, 0) is 41.7 Å². The highest BCUT2D eigenvalue weighted by atomic mass is 16.5. The Morgan fingerprint density at radius 1 is 1.18 bits per heavy atom. The first-order valence-corrected chi connectivity index (χ1v) is 9.71. The molecular formula is C23H27NO4. The molecule has 0 aliphatic carbocycles. The minimum Gasteiger partial charge on any atom is -0.496 e. The van der Waals surface area contributed by atoms with Crippen LogP contribution >= 0.6 is 0 Å². The molecule has 5 nitrogen and oxygen atoms in total. The molecule has 3 rings (SSSR count). The Hall–Kier alpha value is -2.39. The van der Waals surface area contributed by atoms with E-state index in [0.29, 0.717) is 30.6 Å². The van der Waals surface area contributed by atoms with Crippen molar-refractivity contribution < 1.29 is 19.7 Å². The zero-order chi connectivity index (χ0) is 20.1. The summed E-state index contributed by atoms with van der Waals surface area (Å²) in [5, 5.41) is 29.3. The normalized spacial score (nSPS) is 21.9. The largest absolute Gasteiger partial charge is 0.496 e. The third-order valence-electron chi connectivity index (χ3n) is 5.33. The summed E-state index contributed by atoms with van der Waals surface area (Å²) in [7, 11) is 1.56. The van der Waals surface area contributed by atoms with Crippen molar-refractivity contribution in [3.8, 4) is 11.8 Å². The zero-order valence-electron chi connectivity index (χ0n) is 16.4. The van der Waals surface area contributed by atoms with Gasteiger partial charge in [-0.3, -0.25) is 0 Å². The number of rotatable bonds is 6. The molecule has 0 aromatic heterocycles. The average Bonchev–Trinajstić information content (AvgIpc) is 2.73. The standard InChI is InChI=1S/C23H27NO4/c1-3-15-4-6-16(7-5-15)8-17-9-21(22(27-2)10-18(17)13-24)23-12-19(26)11-20(14-25)28-23/h4-7,9-10,19-20,23,25-26H,3,8,11-12,14H2,1-2H3. The lowest BCUT2D eigenvalue weighted by Crippen LogP contribution is -2.33. The van der Waals surface area contributed by atoms with E-state index in [0.717, 1.165) is 23.1 Å². The summed E-state index contributed by atoms with van der Waals surface area (Å²) in [5.74, 6) is 0.567. The van der Waals surface area contributed by atoms with Crippen LogP contribution in [-0.4, -0.2) is 36.1 Å². The van der Waals surface area contributed by atoms with Crippen LogP contribution in [0.1, 0.15) is 53.7 Å². The van der Waals surface area contributed by atoms with Crippen molar-refractivity contribution in [2.45, 2.75) is 50.9 Å². The van der Waals surface area contributed by atoms with Gasteiger partial charge in [-0.15, -0.1) is 0 Å². The summed E-state index contributed by atoms with van der Waals surface area (Å²) in [6.07, 6.45) is 1.14. The van der Waals surface area contributed by atoms with Crippen LogP contribution in [0.2, 0.25) is 0 Å². The number of methoxy groups -OCH3 is 1. The van der Waals surface area contributed by atoms with E-state index in [2.05, 4.69) is 37.3 Å². The van der Waals surface area contributed by atoms with E-state index >= 15 is 0 Å². The number of nitriles is 1. The third-order valence-corrected chi connectivity index (χ3v) is 5.33. The van der Waals surface area contributed by atoms with Gasteiger partial charge in [-0.2, -0.15) is 5.26 Å². The second-order valence-corrected chi connectivity index (χ2v) is 7.26. The molecule has 2 N–H and O–H groups in total. The van der Waals surface area contributed by atoms with Crippen LogP contribution in [0.3, 0.4) is 0 Å². The molecule has 3 atom stereocenters. The van der Waals surface area contributed by atoms with E-state index in [1.54, 1.807) is 13.2 Å². The molecule has 1 heterocycles. The minimum absolute atomic E-state index is 0.136. The Bertz CT molecular complexity index is 841. The molecule has 3 unspecified atom stereocenters. The fraction of sp³-hybridized carbons (Fsp3) is 0.435. The molecule has 0 spiro atoms. The van der Waals surface area contributed by atoms with Gasteiger partial charge in [-0.1, -0.05) is 31.2 Å². The molecule has 1 aliphatic rings. The molecule has 0 bridgehead atoms. The van der Waals surface area contributed by atoms with E-state index in [1.165, 1.54) is 5.56 Å². The molecule has 0 saturated carbocycles. The van der Waals surface area contributed by atoms with Crippen LogP contribution in [-0.2, 0) is 17.6 Å². The summed E-state index contributed by atoms with van der Waals surface area (Å²) in [6, 6.07) is 14.3. The number of hydrogen-bond donors (Lipinski definition) is 2. The maximum atomic E-state index is 10.2. The number of aryl methyl sites for hydroxylation is 1. The lowest BCUT2D eigenvalue weighted by molar-refractivity contribution is -0.114. The highest BCUT2D eigenvalue weighted by Crippen LogP contribution is 2.38. The molecule has 0 amide bonds. The monoisotopic (exact) mass is 381 g/mol. The van der Waals surface area contributed by atoms with Gasteiger partial charge >= 0.3 is 0 Å². The maximum Gasteiger partial charge on any atom is 0.126 e. The molecule has 2 aromatic rings. The second-order valence-electron chi connectivity index (χ2n) is 7.26. The van der Waals surface area contributed by atoms with Crippen molar-refractivity contribution in [2.24, 2.45) is 0 Å². The topological polar surface area (TPSA) is 82.7 Å². The van der Waals surface area contributed by atoms with Crippen molar-refractivity contribution in [1.82, 2.24) is 0 Å². The van der Waals surface area contributed by atoms with E-state index in [-0.39, 0.29) is 12.7 Å². The fourth-order valence-electron chi connectivity index (χ4n) is 3.74. The number of hydrogen-bond acceptors (Lipinski definition) is 5. The van der Waals surface area contributed by atoms with Crippen LogP contribution in [0.15, 0.2) is 36.4 Å². The number of aliphatic hydroxyl groups is 2. The quantitative estimate of drug-likeness (QED) is 0.802. The molecule has 1 saturated heterocycles. The van der Waals surface area contributed by atoms with Crippen molar-refractivity contribution in [3.63, 3.8) is 0 Å². The smallest absolute Gasteiger partial charge is 0.126 e. The van der Waals surface area contributed by atoms with Gasteiger partial charge in [0.05, 0.1) is 43.7 Å². The van der Waals surface area contributed by atoms with Crippen LogP contribution in [0.25, 0.3) is 0 Å². The van der Waals surface area contributed by atoms with Gasteiger partial charge in [0.25, 0.3) is 0 Å². The Labute approximate surface area is 166 Å². The zero-order valence-corrected chi connectivity index (χ0v) is 16.4. The van der Waals surface area contributed by atoms with Crippen LogP contribution in [0.4, 0.5) is 0 Å². The van der Waals surface area contributed by atoms with Crippen molar-refractivity contribution >= 4 is 0 Å². The van der Waals surface area contributed by atoms with Gasteiger partial charge in [0.15, 0.2) is 0 Å². The Balaban J connectivity index is 1.95. The fourth-order valence-corrected chi connectivity index (χ4v) is 3.74. The lowest BCUT2D eigenvalue weighted by Gasteiger charge is -2.33. The highest BCUT2D eigenvalue weighted by Gasteiger charge is 2.31. The number of benzene rings is 2. The summed E-state index contributed by atoms with van der Waals surface area (Å²) in [4.78, 5) is 0. The first-order valence-electron chi connectivity index (χ1n) is 9.71. The first-order chi connectivity index (χ1) is 13.6. The van der Waals surface area contributed by atoms with Gasteiger partial charge in [0.2, 0.25) is 0 Å². The predicted octanol–water partition coefficient (Wildman–Crippen LogP) is 3.29. The van der Waals surface area contributed by atoms with Gasteiger partial charge in [-0.25, -0.2) is 0 Å². The van der Waals surface area contributed by atoms with Crippen molar-refractivity contribution in [1.29, 1.82) is 5.26 Å². The molecule has 2 aromatic carbocycles.